The molecule has 0 aliphatic carbocycles. The van der Waals surface area contributed by atoms with Crippen molar-refractivity contribution in [2.75, 3.05) is 44.2 Å². The van der Waals surface area contributed by atoms with Crippen LogP contribution >= 0.6 is 0 Å². The van der Waals surface area contributed by atoms with Crippen LogP contribution in [0.15, 0.2) is 52.7 Å². The van der Waals surface area contributed by atoms with Gasteiger partial charge in [0.2, 0.25) is 10.0 Å². The normalized spacial score (nSPS) is 18.2. The van der Waals surface area contributed by atoms with E-state index < -0.39 is 14.9 Å². The highest BCUT2D eigenvalue weighted by molar-refractivity contribution is 7.89. The maximum atomic E-state index is 13.2. The Morgan fingerprint density at radius 3 is 2.31 bits per heavy atom. The lowest BCUT2D eigenvalue weighted by molar-refractivity contribution is -0.384. The molecule has 3 heterocycles. The van der Waals surface area contributed by atoms with Crippen molar-refractivity contribution in [2.24, 2.45) is 5.10 Å². The number of hydrazone groups is 1. The fourth-order valence-corrected chi connectivity index (χ4v) is 5.63. The van der Waals surface area contributed by atoms with Crippen LogP contribution in [-0.2, 0) is 10.0 Å². The van der Waals surface area contributed by atoms with Gasteiger partial charge in [-0.15, -0.1) is 0 Å². The Balaban J connectivity index is 1.42. The third-order valence-corrected chi connectivity index (χ3v) is 7.68. The molecule has 2 saturated heterocycles. The van der Waals surface area contributed by atoms with Gasteiger partial charge in [0.1, 0.15) is 4.90 Å². The van der Waals surface area contributed by atoms with Crippen LogP contribution < -0.4 is 4.90 Å². The number of aromatic nitrogens is 1. The zero-order valence-electron chi connectivity index (χ0n) is 17.7. The summed E-state index contributed by atoms with van der Waals surface area (Å²) in [6, 6.07) is 7.99. The molecule has 10 nitrogen and oxygen atoms in total. The van der Waals surface area contributed by atoms with E-state index in [1.165, 1.54) is 18.3 Å². The number of nitro benzene ring substituents is 1. The number of nitro groups is 1. The highest BCUT2D eigenvalue weighted by Gasteiger charge is 2.30. The lowest BCUT2D eigenvalue weighted by Gasteiger charge is -2.36. The zero-order chi connectivity index (χ0) is 22.6. The summed E-state index contributed by atoms with van der Waals surface area (Å²) < 4.78 is 28.0. The molecule has 2 aromatic rings. The number of rotatable bonds is 6. The van der Waals surface area contributed by atoms with Crippen LogP contribution in [-0.4, -0.2) is 73.1 Å². The molecular weight excluding hydrogens is 432 g/mol. The number of hydrogen-bond acceptors (Lipinski definition) is 8. The number of non-ortho nitro benzene ring substituents is 1. The molecule has 2 aliphatic rings. The molecule has 0 radical (unpaired) electrons. The van der Waals surface area contributed by atoms with E-state index in [1.807, 2.05) is 5.01 Å². The lowest BCUT2D eigenvalue weighted by Crippen LogP contribution is -2.45. The first-order chi connectivity index (χ1) is 15.4. The fraction of sp³-hybridized carbons (Fsp3) is 0.429. The van der Waals surface area contributed by atoms with Crippen molar-refractivity contribution in [3.63, 3.8) is 0 Å². The van der Waals surface area contributed by atoms with E-state index in [-0.39, 0.29) is 10.6 Å². The van der Waals surface area contributed by atoms with Crippen LogP contribution in [0.2, 0.25) is 0 Å². The SMILES string of the molecule is O=[N+]([O-])c1ccc(C=NN2CCN(c3ccncc3S(=O)(=O)N3CCCCC3)CC2)cc1. The number of piperidine rings is 1. The van der Waals surface area contributed by atoms with Gasteiger partial charge in [-0.25, -0.2) is 8.42 Å². The molecule has 0 atom stereocenters. The molecule has 0 bridgehead atoms. The molecule has 0 N–H and O–H groups in total. The first-order valence-corrected chi connectivity index (χ1v) is 12.1. The topological polar surface area (TPSA) is 112 Å². The standard InChI is InChI=1S/C21H26N6O4S/c28-27(29)19-6-4-18(5-7-19)16-23-25-14-12-24(13-15-25)20-8-9-22-17-21(20)32(30,31)26-10-2-1-3-11-26/h4-9,16-17H,1-3,10-15H2. The van der Waals surface area contributed by atoms with Crippen LogP contribution in [0.3, 0.4) is 0 Å². The smallest absolute Gasteiger partial charge is 0.269 e. The molecule has 0 saturated carbocycles. The number of sulfonamides is 1. The Morgan fingerprint density at radius 2 is 1.66 bits per heavy atom. The second-order valence-electron chi connectivity index (χ2n) is 7.84. The van der Waals surface area contributed by atoms with E-state index in [1.54, 1.807) is 34.9 Å². The molecule has 11 heteroatoms. The molecular formula is C21H26N6O4S. The first-order valence-electron chi connectivity index (χ1n) is 10.7. The van der Waals surface area contributed by atoms with E-state index >= 15 is 0 Å². The summed E-state index contributed by atoms with van der Waals surface area (Å²) in [7, 11) is -3.57. The first kappa shape index (κ1) is 22.2. The average Bonchev–Trinajstić information content (AvgIpc) is 2.84. The number of piperazine rings is 1. The van der Waals surface area contributed by atoms with Crippen LogP contribution in [0.5, 0.6) is 0 Å². The minimum Gasteiger partial charge on any atom is -0.367 e. The Kier molecular flexibility index (Phi) is 6.66. The predicted molar refractivity (Wildman–Crippen MR) is 121 cm³/mol. The van der Waals surface area contributed by atoms with Gasteiger partial charge >= 0.3 is 0 Å². The molecule has 0 spiro atoms. The van der Waals surface area contributed by atoms with Crippen molar-refractivity contribution in [2.45, 2.75) is 24.2 Å². The Hall–Kier alpha value is -3.05. The molecule has 32 heavy (non-hydrogen) atoms. The van der Waals surface area contributed by atoms with Crippen LogP contribution in [0, 0.1) is 10.1 Å². The average molecular weight is 459 g/mol. The Bertz CT molecular complexity index is 1080. The molecule has 2 fully saturated rings. The Morgan fingerprint density at radius 1 is 0.969 bits per heavy atom. The van der Waals surface area contributed by atoms with Gasteiger partial charge < -0.3 is 4.90 Å². The third kappa shape index (κ3) is 4.89. The van der Waals surface area contributed by atoms with E-state index in [2.05, 4.69) is 15.0 Å². The van der Waals surface area contributed by atoms with Crippen molar-refractivity contribution in [1.82, 2.24) is 14.3 Å². The van der Waals surface area contributed by atoms with Crippen molar-refractivity contribution in [3.8, 4) is 0 Å². The number of benzene rings is 1. The number of anilines is 1. The van der Waals surface area contributed by atoms with Crippen molar-refractivity contribution < 1.29 is 13.3 Å². The van der Waals surface area contributed by atoms with Gasteiger partial charge in [0.25, 0.3) is 5.69 Å². The van der Waals surface area contributed by atoms with E-state index in [9.17, 15) is 18.5 Å². The van der Waals surface area contributed by atoms with Crippen LogP contribution in [0.1, 0.15) is 24.8 Å². The predicted octanol–water partition coefficient (Wildman–Crippen LogP) is 2.32. The van der Waals surface area contributed by atoms with Crippen molar-refractivity contribution in [3.05, 3.63) is 58.4 Å². The quantitative estimate of drug-likeness (QED) is 0.371. The van der Waals surface area contributed by atoms with Crippen LogP contribution in [0.25, 0.3) is 0 Å². The van der Waals surface area contributed by atoms with Crippen molar-refractivity contribution in [1.29, 1.82) is 0 Å². The van der Waals surface area contributed by atoms with Gasteiger partial charge in [0, 0.05) is 50.7 Å². The summed E-state index contributed by atoms with van der Waals surface area (Å²) in [5.41, 5.74) is 1.51. The molecule has 1 aromatic carbocycles. The number of hydrogen-bond donors (Lipinski definition) is 0. The third-order valence-electron chi connectivity index (χ3n) is 5.77. The van der Waals surface area contributed by atoms with Gasteiger partial charge in [-0.05, 0) is 36.6 Å². The zero-order valence-corrected chi connectivity index (χ0v) is 18.5. The molecule has 1 aromatic heterocycles. The number of nitrogens with zero attached hydrogens (tertiary/aromatic N) is 6. The maximum absolute atomic E-state index is 13.2. The minimum absolute atomic E-state index is 0.0448. The molecule has 4 rings (SSSR count). The highest BCUT2D eigenvalue weighted by Crippen LogP contribution is 2.29. The molecule has 0 unspecified atom stereocenters. The summed E-state index contributed by atoms with van der Waals surface area (Å²) in [4.78, 5) is 16.7. The van der Waals surface area contributed by atoms with Crippen LogP contribution in [0.4, 0.5) is 11.4 Å². The molecule has 170 valence electrons. The van der Waals surface area contributed by atoms with Gasteiger partial charge in [0.15, 0.2) is 0 Å². The molecule has 0 amide bonds. The van der Waals surface area contributed by atoms with E-state index in [0.717, 1.165) is 24.8 Å². The monoisotopic (exact) mass is 458 g/mol. The minimum atomic E-state index is -3.57. The second-order valence-corrected chi connectivity index (χ2v) is 9.75. The largest absolute Gasteiger partial charge is 0.367 e. The van der Waals surface area contributed by atoms with Gasteiger partial charge in [-0.2, -0.15) is 9.41 Å². The molecule has 2 aliphatic heterocycles. The second kappa shape index (κ2) is 9.61. The lowest BCUT2D eigenvalue weighted by atomic mass is 10.2. The summed E-state index contributed by atoms with van der Waals surface area (Å²) in [6.07, 6.45) is 7.61. The van der Waals surface area contributed by atoms with Crippen molar-refractivity contribution >= 4 is 27.6 Å². The van der Waals surface area contributed by atoms with E-state index in [0.29, 0.717) is 45.0 Å². The van der Waals surface area contributed by atoms with E-state index in [4.69, 9.17) is 0 Å². The van der Waals surface area contributed by atoms with Gasteiger partial charge in [-0.3, -0.25) is 20.1 Å². The summed E-state index contributed by atoms with van der Waals surface area (Å²) in [5.74, 6) is 0. The summed E-state index contributed by atoms with van der Waals surface area (Å²) >= 11 is 0. The maximum Gasteiger partial charge on any atom is 0.269 e. The number of pyridine rings is 1. The van der Waals surface area contributed by atoms with Gasteiger partial charge in [0.05, 0.1) is 29.9 Å². The fourth-order valence-electron chi connectivity index (χ4n) is 3.96. The Labute approximate surface area is 187 Å². The summed E-state index contributed by atoms with van der Waals surface area (Å²) in [5, 5.41) is 17.1. The van der Waals surface area contributed by atoms with Gasteiger partial charge in [-0.1, -0.05) is 6.42 Å². The summed E-state index contributed by atoms with van der Waals surface area (Å²) in [6.45, 7) is 3.64. The highest BCUT2D eigenvalue weighted by atomic mass is 32.2.